The van der Waals surface area contributed by atoms with Gasteiger partial charge < -0.3 is 19.2 Å². The van der Waals surface area contributed by atoms with Crippen LogP contribution in [0.2, 0.25) is 0 Å². The zero-order chi connectivity index (χ0) is 22.1. The van der Waals surface area contributed by atoms with Crippen molar-refractivity contribution in [3.05, 3.63) is 66.1 Å². The van der Waals surface area contributed by atoms with E-state index in [4.69, 9.17) is 9.56 Å². The Hall–Kier alpha value is -1.86. The van der Waals surface area contributed by atoms with Crippen molar-refractivity contribution in [2.24, 2.45) is 5.14 Å². The van der Waals surface area contributed by atoms with Crippen LogP contribution < -0.4 is 44.9 Å². The SMILES string of the molecule is Cc1ccc(N(C)c2cc(NCc3ccco3)c(S(=O)(=O)[O-])cc2S(N)(=O)=O)cc1.[Na+]. The van der Waals surface area contributed by atoms with Crippen molar-refractivity contribution in [3.63, 3.8) is 0 Å². The van der Waals surface area contributed by atoms with Gasteiger partial charge in [-0.15, -0.1) is 0 Å². The van der Waals surface area contributed by atoms with Crippen LogP contribution in [0, 0.1) is 6.92 Å². The van der Waals surface area contributed by atoms with E-state index in [9.17, 15) is 21.4 Å². The monoisotopic (exact) mass is 473 g/mol. The molecule has 3 N–H and O–H groups in total. The zero-order valence-corrected chi connectivity index (χ0v) is 20.8. The van der Waals surface area contributed by atoms with E-state index in [0.717, 1.165) is 11.6 Å². The fraction of sp³-hybridized carbons (Fsp3) is 0.158. The summed E-state index contributed by atoms with van der Waals surface area (Å²) in [7, 11) is -7.74. The summed E-state index contributed by atoms with van der Waals surface area (Å²) in [5.74, 6) is 0.494. The third-order valence-electron chi connectivity index (χ3n) is 4.45. The molecule has 0 atom stereocenters. The second-order valence-electron chi connectivity index (χ2n) is 6.64. The van der Waals surface area contributed by atoms with E-state index >= 15 is 0 Å². The summed E-state index contributed by atoms with van der Waals surface area (Å²) in [6.07, 6.45) is 1.45. The molecule has 0 spiro atoms. The minimum absolute atomic E-state index is 0. The van der Waals surface area contributed by atoms with Gasteiger partial charge in [-0.3, -0.25) is 0 Å². The van der Waals surface area contributed by atoms with Gasteiger partial charge in [0.25, 0.3) is 0 Å². The van der Waals surface area contributed by atoms with Crippen molar-refractivity contribution >= 4 is 37.2 Å². The number of aryl methyl sites for hydroxylation is 1. The van der Waals surface area contributed by atoms with Crippen LogP contribution in [0.3, 0.4) is 0 Å². The van der Waals surface area contributed by atoms with Crippen LogP contribution in [-0.4, -0.2) is 28.4 Å². The maximum absolute atomic E-state index is 12.2. The van der Waals surface area contributed by atoms with Crippen LogP contribution >= 0.6 is 0 Å². The van der Waals surface area contributed by atoms with Gasteiger partial charge in [0.1, 0.15) is 20.8 Å². The number of benzene rings is 2. The first kappa shape index (κ1) is 25.4. The van der Waals surface area contributed by atoms with Crippen LogP contribution in [-0.2, 0) is 26.7 Å². The summed E-state index contributed by atoms with van der Waals surface area (Å²) in [6.45, 7) is 1.99. The summed E-state index contributed by atoms with van der Waals surface area (Å²) in [6, 6.07) is 12.6. The van der Waals surface area contributed by atoms with Gasteiger partial charge in [0, 0.05) is 12.7 Å². The fourth-order valence-corrected chi connectivity index (χ4v) is 4.39. The van der Waals surface area contributed by atoms with Crippen molar-refractivity contribution in [1.29, 1.82) is 0 Å². The zero-order valence-electron chi connectivity index (χ0n) is 17.2. The second-order valence-corrected chi connectivity index (χ2v) is 9.52. The second kappa shape index (κ2) is 9.74. The maximum atomic E-state index is 12.2. The van der Waals surface area contributed by atoms with Crippen molar-refractivity contribution in [2.45, 2.75) is 23.3 Å². The van der Waals surface area contributed by atoms with E-state index in [1.165, 1.54) is 12.3 Å². The molecule has 0 fully saturated rings. The summed E-state index contributed by atoms with van der Waals surface area (Å²) in [5, 5.41) is 8.15. The summed E-state index contributed by atoms with van der Waals surface area (Å²) in [4.78, 5) is 0.334. The number of hydrogen-bond acceptors (Lipinski definition) is 8. The summed E-state index contributed by atoms with van der Waals surface area (Å²) in [5.41, 5.74) is 1.69. The number of rotatable bonds is 7. The molecule has 31 heavy (non-hydrogen) atoms. The Labute approximate surface area is 203 Å². The Morgan fingerprint density at radius 3 is 2.23 bits per heavy atom. The third-order valence-corrected chi connectivity index (χ3v) is 6.27. The Morgan fingerprint density at radius 1 is 1.06 bits per heavy atom. The molecule has 3 aromatic rings. The maximum Gasteiger partial charge on any atom is 1.00 e. The summed E-state index contributed by atoms with van der Waals surface area (Å²) >= 11 is 0. The predicted molar refractivity (Wildman–Crippen MR) is 111 cm³/mol. The van der Waals surface area contributed by atoms with Crippen molar-refractivity contribution < 1.29 is 55.4 Å². The van der Waals surface area contributed by atoms with Crippen LogP contribution in [0.25, 0.3) is 0 Å². The molecule has 1 heterocycles. The summed E-state index contributed by atoms with van der Waals surface area (Å²) < 4.78 is 65.0. The van der Waals surface area contributed by atoms with Crippen molar-refractivity contribution in [1.82, 2.24) is 0 Å². The molecule has 0 saturated heterocycles. The van der Waals surface area contributed by atoms with E-state index in [0.29, 0.717) is 11.4 Å². The minimum atomic E-state index is -5.00. The molecule has 0 amide bonds. The Bertz CT molecular complexity index is 1260. The van der Waals surface area contributed by atoms with Crippen molar-refractivity contribution in [2.75, 3.05) is 17.3 Å². The quantitative estimate of drug-likeness (QED) is 0.346. The molecule has 0 aliphatic rings. The largest absolute Gasteiger partial charge is 1.00 e. The predicted octanol–water partition coefficient (Wildman–Crippen LogP) is -0.476. The average molecular weight is 474 g/mol. The first-order chi connectivity index (χ1) is 14.0. The molecule has 2 aromatic carbocycles. The average Bonchev–Trinajstić information content (AvgIpc) is 3.18. The molecule has 0 unspecified atom stereocenters. The molecular formula is C19H20N3NaO6S2. The number of nitrogens with one attached hydrogen (secondary N) is 1. The van der Waals surface area contributed by atoms with Gasteiger partial charge in [0.05, 0.1) is 29.1 Å². The number of furan rings is 1. The smallest absolute Gasteiger partial charge is 0.744 e. The molecule has 0 aliphatic carbocycles. The van der Waals surface area contributed by atoms with Crippen LogP contribution in [0.4, 0.5) is 17.1 Å². The van der Waals surface area contributed by atoms with Gasteiger partial charge >= 0.3 is 29.6 Å². The number of sulfonamides is 1. The molecule has 12 heteroatoms. The number of hydrogen-bond donors (Lipinski definition) is 2. The number of nitrogens with zero attached hydrogens (tertiary/aromatic N) is 1. The molecule has 0 aliphatic heterocycles. The Balaban J connectivity index is 0.00000341. The van der Waals surface area contributed by atoms with Gasteiger partial charge in [-0.1, -0.05) is 17.7 Å². The molecule has 0 radical (unpaired) electrons. The molecule has 9 nitrogen and oxygen atoms in total. The Morgan fingerprint density at radius 2 is 1.71 bits per heavy atom. The van der Waals surface area contributed by atoms with E-state index in [1.54, 1.807) is 36.2 Å². The van der Waals surface area contributed by atoms with E-state index < -0.39 is 29.9 Å². The van der Waals surface area contributed by atoms with Crippen molar-refractivity contribution in [3.8, 4) is 0 Å². The molecule has 0 bridgehead atoms. The van der Waals surface area contributed by atoms with E-state index in [-0.39, 0.29) is 47.5 Å². The standard InChI is InChI=1S/C19H21N3O6S2.Na/c1-13-5-7-14(8-6-13)22(2)17-10-16(21-12-15-4-3-9-28-15)18(30(25,26)27)11-19(17)29(20,23)24;/h3-11,21H,12H2,1-2H3,(H2,20,23,24)(H,25,26,27);/q;+1/p-1. The molecule has 3 rings (SSSR count). The number of primary sulfonamides is 1. The molecular weight excluding hydrogens is 453 g/mol. The normalized spacial score (nSPS) is 11.6. The third kappa shape index (κ3) is 6.10. The van der Waals surface area contributed by atoms with E-state index in [1.807, 2.05) is 19.1 Å². The molecule has 0 saturated carbocycles. The van der Waals surface area contributed by atoms with Crippen LogP contribution in [0.5, 0.6) is 0 Å². The molecule has 1 aromatic heterocycles. The van der Waals surface area contributed by atoms with Crippen LogP contribution in [0.15, 0.2) is 69.0 Å². The van der Waals surface area contributed by atoms with E-state index in [2.05, 4.69) is 5.32 Å². The first-order valence-electron chi connectivity index (χ1n) is 8.70. The fourth-order valence-electron chi connectivity index (χ4n) is 2.89. The van der Waals surface area contributed by atoms with Gasteiger partial charge in [-0.2, -0.15) is 0 Å². The van der Waals surface area contributed by atoms with Crippen LogP contribution in [0.1, 0.15) is 11.3 Å². The van der Waals surface area contributed by atoms with Gasteiger partial charge in [0.2, 0.25) is 10.0 Å². The van der Waals surface area contributed by atoms with Gasteiger partial charge in [-0.05, 0) is 43.3 Å². The number of nitrogens with two attached hydrogens (primary N) is 1. The topological polar surface area (TPSA) is 146 Å². The first-order valence-corrected chi connectivity index (χ1v) is 11.7. The number of anilines is 3. The molecule has 160 valence electrons. The van der Waals surface area contributed by atoms with Gasteiger partial charge in [0.15, 0.2) is 0 Å². The Kier molecular flexibility index (Phi) is 7.98. The van der Waals surface area contributed by atoms with Gasteiger partial charge in [-0.25, -0.2) is 22.0 Å². The minimum Gasteiger partial charge on any atom is -0.744 e.